The predicted octanol–water partition coefficient (Wildman–Crippen LogP) is 7.73. The first-order valence-electron chi connectivity index (χ1n) is 10.2. The highest BCUT2D eigenvalue weighted by atomic mass is 35.5. The van der Waals surface area contributed by atoms with Crippen LogP contribution in [0.2, 0.25) is 5.02 Å². The molecule has 0 saturated heterocycles. The molecule has 10 heteroatoms. The molecule has 0 aliphatic carbocycles. The summed E-state index contributed by atoms with van der Waals surface area (Å²) < 4.78 is 45.7. The molecule has 0 bridgehead atoms. The number of benzene rings is 2. The summed E-state index contributed by atoms with van der Waals surface area (Å²) in [7, 11) is 0. The largest absolute Gasteiger partial charge is 0.464 e. The van der Waals surface area contributed by atoms with Crippen LogP contribution in [-0.2, 0) is 6.18 Å². The highest BCUT2D eigenvalue weighted by molar-refractivity contribution is 7.21. The van der Waals surface area contributed by atoms with E-state index in [0.717, 1.165) is 23.0 Å². The third kappa shape index (κ3) is 4.36. The van der Waals surface area contributed by atoms with Crippen molar-refractivity contribution in [1.29, 1.82) is 0 Å². The van der Waals surface area contributed by atoms with Crippen molar-refractivity contribution in [3.8, 4) is 22.6 Å². The van der Waals surface area contributed by atoms with Crippen molar-refractivity contribution in [2.45, 2.75) is 6.18 Å². The number of halogens is 4. The van der Waals surface area contributed by atoms with Crippen LogP contribution in [0.15, 0.2) is 77.4 Å². The van der Waals surface area contributed by atoms with Gasteiger partial charge in [-0.1, -0.05) is 35.9 Å². The van der Waals surface area contributed by atoms with E-state index >= 15 is 0 Å². The number of amides is 1. The zero-order valence-corrected chi connectivity index (χ0v) is 19.3. The summed E-state index contributed by atoms with van der Waals surface area (Å²) in [6.07, 6.45) is -3.12. The molecule has 1 amide bonds. The number of rotatable bonds is 4. The number of carbonyl (C=O) groups excluding carboxylic acids is 1. The van der Waals surface area contributed by atoms with E-state index in [4.69, 9.17) is 21.8 Å². The number of aromatic nitrogens is 1. The van der Waals surface area contributed by atoms with Gasteiger partial charge in [0.05, 0.1) is 28.9 Å². The first-order chi connectivity index (χ1) is 16.7. The lowest BCUT2D eigenvalue weighted by Crippen LogP contribution is -2.16. The van der Waals surface area contributed by atoms with Gasteiger partial charge in [0.2, 0.25) is 0 Å². The third-order valence-corrected chi connectivity index (χ3v) is 6.66. The van der Waals surface area contributed by atoms with Gasteiger partial charge in [0.15, 0.2) is 0 Å². The molecule has 5 aromatic rings. The molecule has 5 nitrogen and oxygen atoms in total. The number of fused-ring (bicyclic) bond motifs is 1. The molecule has 3 aromatic heterocycles. The maximum absolute atomic E-state index is 13.4. The van der Waals surface area contributed by atoms with Gasteiger partial charge < -0.3 is 15.5 Å². The molecule has 3 heterocycles. The summed E-state index contributed by atoms with van der Waals surface area (Å²) in [6, 6.07) is 17.1. The van der Waals surface area contributed by atoms with Gasteiger partial charge in [-0.3, -0.25) is 4.79 Å². The summed E-state index contributed by atoms with van der Waals surface area (Å²) in [4.78, 5) is 18.2. The van der Waals surface area contributed by atoms with Gasteiger partial charge in [-0.05, 0) is 42.5 Å². The summed E-state index contributed by atoms with van der Waals surface area (Å²) in [5.74, 6) is -0.257. The maximum atomic E-state index is 13.4. The van der Waals surface area contributed by atoms with Gasteiger partial charge in [-0.2, -0.15) is 13.2 Å². The zero-order valence-electron chi connectivity index (χ0n) is 17.7. The van der Waals surface area contributed by atoms with E-state index in [0.29, 0.717) is 32.3 Å². The number of nitrogens with one attached hydrogen (secondary N) is 1. The monoisotopic (exact) mass is 513 g/mol. The minimum atomic E-state index is -4.63. The Morgan fingerprint density at radius 3 is 2.49 bits per heavy atom. The predicted molar refractivity (Wildman–Crippen MR) is 132 cm³/mol. The van der Waals surface area contributed by atoms with Crippen molar-refractivity contribution in [3.63, 3.8) is 0 Å². The summed E-state index contributed by atoms with van der Waals surface area (Å²) in [5, 5.41) is 3.40. The van der Waals surface area contributed by atoms with E-state index in [2.05, 4.69) is 10.3 Å². The molecule has 0 saturated carbocycles. The Morgan fingerprint density at radius 2 is 1.80 bits per heavy atom. The van der Waals surface area contributed by atoms with Crippen molar-refractivity contribution in [2.24, 2.45) is 0 Å². The lowest BCUT2D eigenvalue weighted by molar-refractivity contribution is -0.136. The Bertz CT molecular complexity index is 1550. The molecule has 3 N–H and O–H groups in total. The second-order valence-corrected chi connectivity index (χ2v) is 9.00. The normalized spacial score (nSPS) is 11.7. The Balaban J connectivity index is 1.63. The van der Waals surface area contributed by atoms with Crippen LogP contribution in [0.5, 0.6) is 0 Å². The van der Waals surface area contributed by atoms with Crippen LogP contribution >= 0.6 is 22.9 Å². The molecule has 0 aliphatic heterocycles. The lowest BCUT2D eigenvalue weighted by Gasteiger charge is -2.13. The second-order valence-electron chi connectivity index (χ2n) is 7.56. The fourth-order valence-electron chi connectivity index (χ4n) is 3.70. The molecule has 0 unspecified atom stereocenters. The summed E-state index contributed by atoms with van der Waals surface area (Å²) >= 11 is 7.00. The number of thiophene rings is 1. The minimum Gasteiger partial charge on any atom is -0.464 e. The molecule has 0 spiro atoms. The standard InChI is InChI=1S/C25H15ClF3N3O2S/c26-14-9-7-13(8-10-14)18-12-15(19-6-3-11-34-19)20-21(30)22(35-24(20)32-18)23(33)31-17-5-2-1-4-16(17)25(27,28)29/h1-12H,30H2,(H,31,33). The van der Waals surface area contributed by atoms with Crippen LogP contribution in [0.1, 0.15) is 15.2 Å². The lowest BCUT2D eigenvalue weighted by atomic mass is 10.0. The van der Waals surface area contributed by atoms with Gasteiger partial charge in [0.25, 0.3) is 5.91 Å². The van der Waals surface area contributed by atoms with Crippen LogP contribution in [0.3, 0.4) is 0 Å². The van der Waals surface area contributed by atoms with E-state index in [1.54, 1.807) is 42.5 Å². The van der Waals surface area contributed by atoms with Crippen LogP contribution in [-0.4, -0.2) is 10.9 Å². The fraction of sp³-hybridized carbons (Fsp3) is 0.0400. The number of furan rings is 1. The Morgan fingerprint density at radius 1 is 1.06 bits per heavy atom. The number of hydrogen-bond acceptors (Lipinski definition) is 5. The molecular weight excluding hydrogens is 499 g/mol. The van der Waals surface area contributed by atoms with Crippen LogP contribution in [0.4, 0.5) is 24.5 Å². The van der Waals surface area contributed by atoms with Gasteiger partial charge in [-0.15, -0.1) is 11.3 Å². The van der Waals surface area contributed by atoms with Crippen molar-refractivity contribution in [3.05, 3.63) is 88.5 Å². The molecule has 0 aliphatic rings. The molecule has 176 valence electrons. The molecule has 35 heavy (non-hydrogen) atoms. The Hall–Kier alpha value is -3.82. The quantitative estimate of drug-likeness (QED) is 0.257. The average Bonchev–Trinajstić information content (AvgIpc) is 3.47. The van der Waals surface area contributed by atoms with Crippen LogP contribution in [0.25, 0.3) is 32.8 Å². The fourth-order valence-corrected chi connectivity index (χ4v) is 4.84. The number of para-hydroxylation sites is 1. The van der Waals surface area contributed by atoms with E-state index < -0.39 is 17.6 Å². The molecule has 0 fully saturated rings. The first kappa shape index (κ1) is 22.9. The maximum Gasteiger partial charge on any atom is 0.418 e. The van der Waals surface area contributed by atoms with E-state index in [-0.39, 0.29) is 16.3 Å². The van der Waals surface area contributed by atoms with E-state index in [9.17, 15) is 18.0 Å². The highest BCUT2D eigenvalue weighted by Crippen LogP contribution is 2.42. The van der Waals surface area contributed by atoms with Gasteiger partial charge in [0, 0.05) is 21.5 Å². The van der Waals surface area contributed by atoms with Crippen molar-refractivity contribution in [2.75, 3.05) is 11.1 Å². The van der Waals surface area contributed by atoms with Crippen molar-refractivity contribution < 1.29 is 22.4 Å². The van der Waals surface area contributed by atoms with Gasteiger partial charge >= 0.3 is 6.18 Å². The van der Waals surface area contributed by atoms with E-state index in [1.807, 2.05) is 0 Å². The molecule has 0 atom stereocenters. The number of hydrogen-bond donors (Lipinski definition) is 2. The average molecular weight is 514 g/mol. The number of nitrogens with zero attached hydrogens (tertiary/aromatic N) is 1. The number of nitrogen functional groups attached to an aromatic ring is 1. The molecule has 2 aromatic carbocycles. The third-order valence-electron chi connectivity index (χ3n) is 5.31. The molecule has 0 radical (unpaired) electrons. The van der Waals surface area contributed by atoms with Crippen molar-refractivity contribution in [1.82, 2.24) is 4.98 Å². The Kier molecular flexibility index (Phi) is 5.74. The van der Waals surface area contributed by atoms with Gasteiger partial charge in [0.1, 0.15) is 15.5 Å². The van der Waals surface area contributed by atoms with Crippen molar-refractivity contribution >= 4 is 50.4 Å². The van der Waals surface area contributed by atoms with Crippen LogP contribution < -0.4 is 11.1 Å². The van der Waals surface area contributed by atoms with E-state index in [1.165, 1.54) is 24.5 Å². The smallest absolute Gasteiger partial charge is 0.418 e. The molecule has 5 rings (SSSR count). The number of anilines is 2. The number of nitrogens with two attached hydrogens (primary N) is 1. The first-order valence-corrected chi connectivity index (χ1v) is 11.4. The minimum absolute atomic E-state index is 0.0468. The molecular formula is C25H15ClF3N3O2S. The number of alkyl halides is 3. The summed E-state index contributed by atoms with van der Waals surface area (Å²) in [5.41, 5.74) is 7.13. The number of carbonyl (C=O) groups is 1. The Labute approximate surface area is 206 Å². The highest BCUT2D eigenvalue weighted by Gasteiger charge is 2.34. The SMILES string of the molecule is Nc1c(C(=O)Nc2ccccc2C(F)(F)F)sc2nc(-c3ccc(Cl)cc3)cc(-c3ccco3)c12. The number of pyridine rings is 1. The zero-order chi connectivity index (χ0) is 24.7. The van der Waals surface area contributed by atoms with Crippen LogP contribution in [0, 0.1) is 0 Å². The second kappa shape index (κ2) is 8.75. The summed E-state index contributed by atoms with van der Waals surface area (Å²) in [6.45, 7) is 0. The topological polar surface area (TPSA) is 81.2 Å². The van der Waals surface area contributed by atoms with Gasteiger partial charge in [-0.25, -0.2) is 4.98 Å².